The summed E-state index contributed by atoms with van der Waals surface area (Å²) in [7, 11) is 3.28. The molecule has 25 heavy (non-hydrogen) atoms. The molecular weight excluding hydrogens is 383 g/mol. The molecule has 1 aliphatic rings. The maximum atomic E-state index is 6.67. The van der Waals surface area contributed by atoms with Crippen LogP contribution in [0.25, 0.3) is 0 Å². The normalized spacial score (nSPS) is 15.9. The highest BCUT2D eigenvalue weighted by Gasteiger charge is 2.26. The third-order valence-electron chi connectivity index (χ3n) is 4.48. The highest BCUT2D eigenvalue weighted by Crippen LogP contribution is 2.42. The summed E-state index contributed by atoms with van der Waals surface area (Å²) in [6.45, 7) is 8.70. The third-order valence-corrected chi connectivity index (χ3v) is 4.87. The van der Waals surface area contributed by atoms with Crippen LogP contribution in [0.4, 0.5) is 0 Å². The maximum absolute atomic E-state index is 6.67. The number of benzene rings is 1. The van der Waals surface area contributed by atoms with Crippen LogP contribution in [0, 0.1) is 5.92 Å². The number of hydrogen-bond donors (Lipinski definition) is 1. The lowest BCUT2D eigenvalue weighted by atomic mass is 9.95. The molecule has 1 fully saturated rings. The Hall–Kier alpha value is -0.390. The van der Waals surface area contributed by atoms with E-state index in [1.807, 2.05) is 6.07 Å². The highest BCUT2D eigenvalue weighted by atomic mass is 35.5. The fraction of sp³-hybridized carbons (Fsp3) is 0.667. The molecule has 1 aliphatic heterocycles. The van der Waals surface area contributed by atoms with Crippen LogP contribution in [0.1, 0.15) is 38.3 Å². The topological polar surface area (TPSA) is 33.7 Å². The van der Waals surface area contributed by atoms with Crippen molar-refractivity contribution in [3.63, 3.8) is 0 Å². The molecule has 1 aromatic carbocycles. The summed E-state index contributed by atoms with van der Waals surface area (Å²) in [5.74, 6) is 2.00. The lowest BCUT2D eigenvalue weighted by Crippen LogP contribution is -2.45. The summed E-state index contributed by atoms with van der Waals surface area (Å²) in [5.41, 5.74) is 1.15. The number of hydrogen-bond acceptors (Lipinski definition) is 4. The van der Waals surface area contributed by atoms with Gasteiger partial charge < -0.3 is 14.8 Å². The summed E-state index contributed by atoms with van der Waals surface area (Å²) in [6, 6.07) is 4.38. The van der Waals surface area contributed by atoms with Crippen LogP contribution >= 0.6 is 36.4 Å². The molecule has 0 bridgehead atoms. The first kappa shape index (κ1) is 24.6. The number of rotatable bonds is 7. The highest BCUT2D eigenvalue weighted by molar-refractivity contribution is 6.33. The maximum Gasteiger partial charge on any atom is 0.179 e. The number of nitrogens with one attached hydrogen (secondary N) is 1. The van der Waals surface area contributed by atoms with E-state index in [2.05, 4.69) is 30.1 Å². The summed E-state index contributed by atoms with van der Waals surface area (Å²) in [4.78, 5) is 2.53. The molecule has 1 atom stereocenters. The zero-order chi connectivity index (χ0) is 16.8. The summed E-state index contributed by atoms with van der Waals surface area (Å²) in [5, 5.41) is 4.10. The van der Waals surface area contributed by atoms with Crippen molar-refractivity contribution in [3.8, 4) is 11.5 Å². The Kier molecular flexibility index (Phi) is 11.9. The van der Waals surface area contributed by atoms with Crippen molar-refractivity contribution in [3.05, 3.63) is 22.7 Å². The van der Waals surface area contributed by atoms with Gasteiger partial charge in [0.25, 0.3) is 0 Å². The number of methoxy groups -OCH3 is 2. The van der Waals surface area contributed by atoms with Crippen LogP contribution in [-0.2, 0) is 0 Å². The lowest BCUT2D eigenvalue weighted by Gasteiger charge is -2.36. The van der Waals surface area contributed by atoms with Crippen molar-refractivity contribution in [2.45, 2.75) is 32.7 Å². The van der Waals surface area contributed by atoms with E-state index in [-0.39, 0.29) is 24.8 Å². The number of piperazine rings is 1. The third kappa shape index (κ3) is 6.37. The standard InChI is InChI=1S/C18H29ClN2O2.2ClH/c1-13(2)5-7-15(21-11-9-20-10-12-21)14-6-8-16(22-3)18(23-4)17(14)19;;/h6,8,13,15,20H,5,7,9-12H2,1-4H3;2*1H/t15-;;/m1../s1. The fourth-order valence-corrected chi connectivity index (χ4v) is 3.54. The second-order valence-electron chi connectivity index (χ2n) is 6.48. The molecule has 1 aromatic rings. The van der Waals surface area contributed by atoms with Gasteiger partial charge in [-0.3, -0.25) is 4.90 Å². The molecule has 0 aromatic heterocycles. The molecule has 7 heteroatoms. The van der Waals surface area contributed by atoms with Gasteiger partial charge in [-0.1, -0.05) is 31.5 Å². The van der Waals surface area contributed by atoms with E-state index in [0.29, 0.717) is 28.5 Å². The molecule has 1 N–H and O–H groups in total. The second-order valence-corrected chi connectivity index (χ2v) is 6.86. The van der Waals surface area contributed by atoms with Gasteiger partial charge in [0.1, 0.15) is 0 Å². The SMILES string of the molecule is COc1ccc([C@@H](CCC(C)C)N2CCNCC2)c(Cl)c1OC.Cl.Cl. The van der Waals surface area contributed by atoms with Crippen LogP contribution in [-0.4, -0.2) is 45.3 Å². The van der Waals surface area contributed by atoms with Gasteiger partial charge >= 0.3 is 0 Å². The largest absolute Gasteiger partial charge is 0.493 e. The number of halogens is 3. The fourth-order valence-electron chi connectivity index (χ4n) is 3.18. The van der Waals surface area contributed by atoms with Gasteiger partial charge in [-0.2, -0.15) is 0 Å². The smallest absolute Gasteiger partial charge is 0.179 e. The van der Waals surface area contributed by atoms with E-state index in [1.54, 1.807) is 14.2 Å². The molecule has 0 aliphatic carbocycles. The summed E-state index contributed by atoms with van der Waals surface area (Å²) in [6.07, 6.45) is 2.28. The lowest BCUT2D eigenvalue weighted by molar-refractivity contribution is 0.159. The Morgan fingerprint density at radius 3 is 2.24 bits per heavy atom. The predicted molar refractivity (Wildman–Crippen MR) is 110 cm³/mol. The molecule has 146 valence electrons. The van der Waals surface area contributed by atoms with Gasteiger partial charge in [0.05, 0.1) is 19.2 Å². The van der Waals surface area contributed by atoms with E-state index in [1.165, 1.54) is 6.42 Å². The van der Waals surface area contributed by atoms with Gasteiger partial charge in [-0.05, 0) is 30.4 Å². The molecule has 0 saturated carbocycles. The Morgan fingerprint density at radius 1 is 1.08 bits per heavy atom. The minimum atomic E-state index is 0. The van der Waals surface area contributed by atoms with E-state index in [0.717, 1.165) is 38.2 Å². The van der Waals surface area contributed by atoms with Gasteiger partial charge in [0.2, 0.25) is 0 Å². The zero-order valence-corrected chi connectivity index (χ0v) is 17.9. The molecular formula is C18H31Cl3N2O2. The number of ether oxygens (including phenoxy) is 2. The van der Waals surface area contributed by atoms with Crippen LogP contribution in [0.5, 0.6) is 11.5 Å². The predicted octanol–water partition coefficient (Wildman–Crippen LogP) is 4.58. The average Bonchev–Trinajstić information content (AvgIpc) is 2.56. The minimum absolute atomic E-state index is 0. The first-order chi connectivity index (χ1) is 11.1. The van der Waals surface area contributed by atoms with Crippen molar-refractivity contribution in [2.24, 2.45) is 5.92 Å². The molecule has 2 rings (SSSR count). The Labute approximate surface area is 169 Å². The van der Waals surface area contributed by atoms with E-state index >= 15 is 0 Å². The van der Waals surface area contributed by atoms with Gasteiger partial charge in [0.15, 0.2) is 11.5 Å². The summed E-state index contributed by atoms with van der Waals surface area (Å²) < 4.78 is 10.8. The van der Waals surface area contributed by atoms with Crippen molar-refractivity contribution >= 4 is 36.4 Å². The Morgan fingerprint density at radius 2 is 1.72 bits per heavy atom. The van der Waals surface area contributed by atoms with Crippen molar-refractivity contribution in [1.29, 1.82) is 0 Å². The first-order valence-corrected chi connectivity index (χ1v) is 8.81. The van der Waals surface area contributed by atoms with Crippen LogP contribution in [0.2, 0.25) is 5.02 Å². The number of nitrogens with zero attached hydrogens (tertiary/aromatic N) is 1. The quantitative estimate of drug-likeness (QED) is 0.709. The van der Waals surface area contributed by atoms with Crippen LogP contribution in [0.15, 0.2) is 12.1 Å². The van der Waals surface area contributed by atoms with Crippen molar-refractivity contribution in [2.75, 3.05) is 40.4 Å². The molecule has 0 amide bonds. The molecule has 0 radical (unpaired) electrons. The first-order valence-electron chi connectivity index (χ1n) is 8.43. The van der Waals surface area contributed by atoms with E-state index < -0.39 is 0 Å². The average molecular weight is 414 g/mol. The van der Waals surface area contributed by atoms with Crippen molar-refractivity contribution in [1.82, 2.24) is 10.2 Å². The van der Waals surface area contributed by atoms with Crippen molar-refractivity contribution < 1.29 is 9.47 Å². The Bertz CT molecular complexity index is 509. The zero-order valence-electron chi connectivity index (χ0n) is 15.5. The van der Waals surface area contributed by atoms with Crippen LogP contribution in [0.3, 0.4) is 0 Å². The summed E-state index contributed by atoms with van der Waals surface area (Å²) >= 11 is 6.67. The molecule has 4 nitrogen and oxygen atoms in total. The molecule has 0 spiro atoms. The Balaban J connectivity index is 0.00000288. The molecule has 1 heterocycles. The molecule has 1 saturated heterocycles. The van der Waals surface area contributed by atoms with Gasteiger partial charge in [-0.15, -0.1) is 24.8 Å². The van der Waals surface area contributed by atoms with E-state index in [4.69, 9.17) is 21.1 Å². The van der Waals surface area contributed by atoms with Gasteiger partial charge in [0, 0.05) is 32.2 Å². The monoisotopic (exact) mass is 412 g/mol. The second kappa shape index (κ2) is 12.1. The van der Waals surface area contributed by atoms with E-state index in [9.17, 15) is 0 Å². The minimum Gasteiger partial charge on any atom is -0.493 e. The van der Waals surface area contributed by atoms with Crippen LogP contribution < -0.4 is 14.8 Å². The van der Waals surface area contributed by atoms with Gasteiger partial charge in [-0.25, -0.2) is 0 Å². The molecule has 0 unspecified atom stereocenters.